The Kier molecular flexibility index (Phi) is 8.55. The number of piperazine rings is 1. The minimum Gasteiger partial charge on any atom is -0.477 e. The Labute approximate surface area is 195 Å². The van der Waals surface area contributed by atoms with Crippen LogP contribution < -0.4 is 15.4 Å². The van der Waals surface area contributed by atoms with Crippen molar-refractivity contribution in [2.75, 3.05) is 46.4 Å². The number of amides is 1. The number of nitrogens with one attached hydrogen (secondary N) is 2. The molecule has 2 aliphatic carbocycles. The van der Waals surface area contributed by atoms with Crippen LogP contribution >= 0.6 is 24.0 Å². The van der Waals surface area contributed by atoms with E-state index >= 15 is 0 Å². The number of halogens is 1. The van der Waals surface area contributed by atoms with Gasteiger partial charge in [-0.05, 0) is 43.2 Å². The summed E-state index contributed by atoms with van der Waals surface area (Å²) >= 11 is 0. The molecule has 3 fully saturated rings. The molecule has 3 aliphatic rings. The molecule has 1 aliphatic heterocycles. The number of carbonyl (C=O) groups excluding carboxylic acids is 1. The first-order chi connectivity index (χ1) is 14.2. The van der Waals surface area contributed by atoms with Gasteiger partial charge in [-0.3, -0.25) is 14.7 Å². The molecule has 0 radical (unpaired) electrons. The number of hydrogen-bond acceptors (Lipinski definition) is 5. The summed E-state index contributed by atoms with van der Waals surface area (Å²) in [6.45, 7) is 5.41. The van der Waals surface area contributed by atoms with E-state index in [2.05, 4.69) is 30.4 Å². The van der Waals surface area contributed by atoms with Crippen molar-refractivity contribution in [3.63, 3.8) is 0 Å². The van der Waals surface area contributed by atoms with Gasteiger partial charge >= 0.3 is 0 Å². The zero-order chi connectivity index (χ0) is 20.1. The molecule has 0 unspecified atom stereocenters. The average molecular weight is 528 g/mol. The maximum Gasteiger partial charge on any atom is 0.234 e. The van der Waals surface area contributed by atoms with Crippen LogP contribution in [0.15, 0.2) is 23.3 Å². The van der Waals surface area contributed by atoms with Crippen molar-refractivity contribution >= 4 is 35.8 Å². The molecule has 1 aromatic heterocycles. The summed E-state index contributed by atoms with van der Waals surface area (Å²) in [5.74, 6) is 2.46. The van der Waals surface area contributed by atoms with Crippen LogP contribution in [-0.4, -0.2) is 79.1 Å². The predicted molar refractivity (Wildman–Crippen MR) is 127 cm³/mol. The molecule has 30 heavy (non-hydrogen) atoms. The van der Waals surface area contributed by atoms with Gasteiger partial charge in [0.15, 0.2) is 5.96 Å². The fraction of sp³-hybridized carbons (Fsp3) is 0.667. The van der Waals surface area contributed by atoms with Crippen LogP contribution in [0.1, 0.15) is 31.2 Å². The van der Waals surface area contributed by atoms with Gasteiger partial charge in [0.2, 0.25) is 11.8 Å². The van der Waals surface area contributed by atoms with Gasteiger partial charge in [-0.1, -0.05) is 0 Å². The molecule has 0 spiro atoms. The van der Waals surface area contributed by atoms with Crippen LogP contribution in [0.25, 0.3) is 0 Å². The molecule has 2 heterocycles. The van der Waals surface area contributed by atoms with Gasteiger partial charge in [0.25, 0.3) is 0 Å². The van der Waals surface area contributed by atoms with Gasteiger partial charge in [0.1, 0.15) is 0 Å². The number of aromatic nitrogens is 1. The molecule has 4 rings (SSSR count). The number of aliphatic imine (C=N–C) groups is 1. The summed E-state index contributed by atoms with van der Waals surface area (Å²) in [7, 11) is 1.81. The van der Waals surface area contributed by atoms with Crippen LogP contribution in [0.3, 0.4) is 0 Å². The molecule has 1 aromatic rings. The molecule has 166 valence electrons. The first-order valence-electron chi connectivity index (χ1n) is 10.7. The standard InChI is InChI=1S/C21H32N6O2.HI/c1-22-21(24-13-17-6-7-23-20(12-17)29-15-16-2-3-16)27-10-8-26(9-11-27)14-19(28)25-18-4-5-18;/h6-7,12,16,18H,2-5,8-11,13-15H2,1H3,(H,22,24)(H,25,28);1H. The fourth-order valence-electron chi connectivity index (χ4n) is 3.46. The Balaban J connectivity index is 0.00000256. The maximum absolute atomic E-state index is 12.0. The van der Waals surface area contributed by atoms with Gasteiger partial charge < -0.3 is 20.3 Å². The van der Waals surface area contributed by atoms with Crippen LogP contribution in [0.4, 0.5) is 0 Å². The maximum atomic E-state index is 12.0. The third kappa shape index (κ3) is 7.26. The smallest absolute Gasteiger partial charge is 0.234 e. The summed E-state index contributed by atoms with van der Waals surface area (Å²) in [5, 5.41) is 6.51. The number of ether oxygens (including phenoxy) is 1. The van der Waals surface area contributed by atoms with Crippen LogP contribution in [0.5, 0.6) is 5.88 Å². The third-order valence-corrected chi connectivity index (χ3v) is 5.61. The number of carbonyl (C=O) groups is 1. The van der Waals surface area contributed by atoms with Crippen molar-refractivity contribution in [3.8, 4) is 5.88 Å². The second-order valence-electron chi connectivity index (χ2n) is 8.26. The highest BCUT2D eigenvalue weighted by molar-refractivity contribution is 14.0. The van der Waals surface area contributed by atoms with E-state index in [1.54, 1.807) is 6.20 Å². The van der Waals surface area contributed by atoms with Crippen molar-refractivity contribution in [2.24, 2.45) is 10.9 Å². The van der Waals surface area contributed by atoms with Gasteiger partial charge in [-0.2, -0.15) is 0 Å². The second kappa shape index (κ2) is 11.1. The Morgan fingerprint density at radius 1 is 1.23 bits per heavy atom. The molecular formula is C21H33IN6O2. The lowest BCUT2D eigenvalue weighted by atomic mass is 10.2. The Bertz CT molecular complexity index is 730. The number of nitrogens with zero attached hydrogens (tertiary/aromatic N) is 4. The molecule has 0 aromatic carbocycles. The lowest BCUT2D eigenvalue weighted by Crippen LogP contribution is -2.54. The fourth-order valence-corrected chi connectivity index (χ4v) is 3.46. The van der Waals surface area contributed by atoms with E-state index in [1.807, 2.05) is 19.2 Å². The summed E-state index contributed by atoms with van der Waals surface area (Å²) < 4.78 is 5.77. The lowest BCUT2D eigenvalue weighted by molar-refractivity contribution is -0.122. The first kappa shape index (κ1) is 23.1. The van der Waals surface area contributed by atoms with Gasteiger partial charge in [-0.25, -0.2) is 4.98 Å². The van der Waals surface area contributed by atoms with E-state index in [0.717, 1.165) is 63.1 Å². The summed E-state index contributed by atoms with van der Waals surface area (Å²) in [6.07, 6.45) is 6.61. The van der Waals surface area contributed by atoms with E-state index < -0.39 is 0 Å². The lowest BCUT2D eigenvalue weighted by Gasteiger charge is -2.36. The summed E-state index contributed by atoms with van der Waals surface area (Å²) in [6, 6.07) is 4.43. The minimum absolute atomic E-state index is 0. The molecule has 0 bridgehead atoms. The van der Waals surface area contributed by atoms with Crippen LogP contribution in [0.2, 0.25) is 0 Å². The highest BCUT2D eigenvalue weighted by Gasteiger charge is 2.26. The van der Waals surface area contributed by atoms with Crippen molar-refractivity contribution in [1.82, 2.24) is 25.4 Å². The Morgan fingerprint density at radius 3 is 2.67 bits per heavy atom. The van der Waals surface area contributed by atoms with Gasteiger partial charge in [0.05, 0.1) is 13.2 Å². The third-order valence-electron chi connectivity index (χ3n) is 5.61. The Morgan fingerprint density at radius 2 is 2.00 bits per heavy atom. The average Bonchev–Trinajstić information content (AvgIpc) is 3.64. The van der Waals surface area contributed by atoms with E-state index in [-0.39, 0.29) is 29.9 Å². The van der Waals surface area contributed by atoms with E-state index in [4.69, 9.17) is 4.74 Å². The highest BCUT2D eigenvalue weighted by Crippen LogP contribution is 2.29. The Hall–Kier alpha value is -1.62. The minimum atomic E-state index is 0. The van der Waals surface area contributed by atoms with Crippen molar-refractivity contribution < 1.29 is 9.53 Å². The van der Waals surface area contributed by atoms with Crippen LogP contribution in [-0.2, 0) is 11.3 Å². The topological polar surface area (TPSA) is 82.1 Å². The molecule has 2 N–H and O–H groups in total. The van der Waals surface area contributed by atoms with Crippen molar-refractivity contribution in [1.29, 1.82) is 0 Å². The first-order valence-corrected chi connectivity index (χ1v) is 10.7. The highest BCUT2D eigenvalue weighted by atomic mass is 127. The molecule has 8 nitrogen and oxygen atoms in total. The van der Waals surface area contributed by atoms with E-state index in [9.17, 15) is 4.79 Å². The van der Waals surface area contributed by atoms with E-state index in [1.165, 1.54) is 12.8 Å². The number of hydrogen-bond donors (Lipinski definition) is 2. The predicted octanol–water partition coefficient (Wildman–Crippen LogP) is 1.46. The molecule has 9 heteroatoms. The molecule has 1 saturated heterocycles. The summed E-state index contributed by atoms with van der Waals surface area (Å²) in [5.41, 5.74) is 1.13. The normalized spacial score (nSPS) is 19.8. The SMILES string of the molecule is CN=C(NCc1ccnc(OCC2CC2)c1)N1CCN(CC(=O)NC2CC2)CC1.I. The zero-order valence-corrected chi connectivity index (χ0v) is 20.0. The zero-order valence-electron chi connectivity index (χ0n) is 17.7. The number of rotatable bonds is 8. The molecular weight excluding hydrogens is 495 g/mol. The van der Waals surface area contributed by atoms with Crippen molar-refractivity contribution in [2.45, 2.75) is 38.3 Å². The summed E-state index contributed by atoms with van der Waals surface area (Å²) in [4.78, 5) is 25.2. The second-order valence-corrected chi connectivity index (χ2v) is 8.26. The monoisotopic (exact) mass is 528 g/mol. The van der Waals surface area contributed by atoms with Gasteiger partial charge in [-0.15, -0.1) is 24.0 Å². The number of guanidine groups is 1. The molecule has 0 atom stereocenters. The quantitative estimate of drug-likeness (QED) is 0.302. The van der Waals surface area contributed by atoms with E-state index in [0.29, 0.717) is 25.0 Å². The van der Waals surface area contributed by atoms with Crippen LogP contribution in [0, 0.1) is 5.92 Å². The largest absolute Gasteiger partial charge is 0.477 e. The van der Waals surface area contributed by atoms with Gasteiger partial charge in [0, 0.05) is 58.1 Å². The van der Waals surface area contributed by atoms with Crippen molar-refractivity contribution in [3.05, 3.63) is 23.9 Å². The molecule has 1 amide bonds. The molecule has 2 saturated carbocycles. The number of pyridine rings is 1.